The first-order valence-corrected chi connectivity index (χ1v) is 7.55. The van der Waals surface area contributed by atoms with Crippen LogP contribution in [0.25, 0.3) is 0 Å². The van der Waals surface area contributed by atoms with Gasteiger partial charge in [0, 0.05) is 12.6 Å². The van der Waals surface area contributed by atoms with Crippen molar-refractivity contribution in [2.24, 2.45) is 17.6 Å². The first-order chi connectivity index (χ1) is 8.09. The molecule has 2 rings (SSSR count). The molecule has 1 aromatic rings. The van der Waals surface area contributed by atoms with Gasteiger partial charge >= 0.3 is 0 Å². The summed E-state index contributed by atoms with van der Waals surface area (Å²) in [5.41, 5.74) is 7.59. The summed E-state index contributed by atoms with van der Waals surface area (Å²) in [4.78, 5) is 2.58. The molecule has 1 aromatic heterocycles. The van der Waals surface area contributed by atoms with Crippen LogP contribution in [0.3, 0.4) is 0 Å². The summed E-state index contributed by atoms with van der Waals surface area (Å²) in [5, 5.41) is 4.40. The van der Waals surface area contributed by atoms with E-state index in [2.05, 4.69) is 42.5 Å². The predicted octanol–water partition coefficient (Wildman–Crippen LogP) is 3.11. The molecular formula is C14H24N2S. The fourth-order valence-corrected chi connectivity index (χ4v) is 3.59. The molecule has 3 heteroatoms. The second-order valence-corrected chi connectivity index (χ2v) is 6.43. The van der Waals surface area contributed by atoms with Crippen molar-refractivity contribution in [3.63, 3.8) is 0 Å². The van der Waals surface area contributed by atoms with Gasteiger partial charge in [-0.15, -0.1) is 0 Å². The number of thiophene rings is 1. The molecule has 0 bridgehead atoms. The lowest BCUT2D eigenvalue weighted by atomic mass is 9.95. The normalized spacial score (nSPS) is 25.4. The topological polar surface area (TPSA) is 29.3 Å². The zero-order valence-electron chi connectivity index (χ0n) is 11.1. The van der Waals surface area contributed by atoms with Crippen molar-refractivity contribution < 1.29 is 0 Å². The minimum Gasteiger partial charge on any atom is -0.326 e. The van der Waals surface area contributed by atoms with E-state index < -0.39 is 0 Å². The molecule has 1 aliphatic heterocycles. The number of likely N-dealkylation sites (tertiary alicyclic amines) is 1. The zero-order chi connectivity index (χ0) is 12.4. The number of nitrogens with two attached hydrogens (primary N) is 1. The molecule has 17 heavy (non-hydrogen) atoms. The van der Waals surface area contributed by atoms with Crippen molar-refractivity contribution in [1.29, 1.82) is 0 Å². The molecule has 1 aliphatic rings. The Morgan fingerprint density at radius 3 is 2.65 bits per heavy atom. The lowest BCUT2D eigenvalue weighted by Gasteiger charge is -2.31. The number of hydrogen-bond acceptors (Lipinski definition) is 3. The standard InChI is InChI=1S/C14H24N2S/c1-10(2)12-4-6-16(8-12)14(11(3)15)13-5-7-17-9-13/h5,7,9-12,14H,4,6,8,15H2,1-3H3. The largest absolute Gasteiger partial charge is 0.326 e. The summed E-state index contributed by atoms with van der Waals surface area (Å²) in [6.45, 7) is 9.20. The van der Waals surface area contributed by atoms with Gasteiger partial charge in [0.25, 0.3) is 0 Å². The van der Waals surface area contributed by atoms with Gasteiger partial charge in [0.05, 0.1) is 6.04 Å². The minimum absolute atomic E-state index is 0.204. The Labute approximate surface area is 109 Å². The van der Waals surface area contributed by atoms with Crippen LogP contribution < -0.4 is 5.73 Å². The molecule has 96 valence electrons. The van der Waals surface area contributed by atoms with Gasteiger partial charge in [-0.25, -0.2) is 0 Å². The van der Waals surface area contributed by atoms with Crippen LogP contribution in [0.5, 0.6) is 0 Å². The Kier molecular flexibility index (Phi) is 4.23. The fraction of sp³-hybridized carbons (Fsp3) is 0.714. The third-order valence-corrected chi connectivity index (χ3v) is 4.68. The van der Waals surface area contributed by atoms with Gasteiger partial charge in [-0.3, -0.25) is 4.90 Å². The maximum atomic E-state index is 6.19. The SMILES string of the molecule is CC(C)C1CCN(C(c2ccsc2)C(C)N)C1. The Morgan fingerprint density at radius 2 is 2.18 bits per heavy atom. The average molecular weight is 252 g/mol. The van der Waals surface area contributed by atoms with Gasteiger partial charge in [0.15, 0.2) is 0 Å². The van der Waals surface area contributed by atoms with Crippen molar-refractivity contribution in [3.8, 4) is 0 Å². The number of nitrogens with zero attached hydrogens (tertiary/aromatic N) is 1. The van der Waals surface area contributed by atoms with Crippen LogP contribution in [-0.4, -0.2) is 24.0 Å². The van der Waals surface area contributed by atoms with Gasteiger partial charge in [0.2, 0.25) is 0 Å². The summed E-state index contributed by atoms with van der Waals surface area (Å²) in [6, 6.07) is 2.84. The highest BCUT2D eigenvalue weighted by molar-refractivity contribution is 7.07. The van der Waals surface area contributed by atoms with Crippen molar-refractivity contribution in [3.05, 3.63) is 22.4 Å². The van der Waals surface area contributed by atoms with E-state index in [1.54, 1.807) is 11.3 Å². The van der Waals surface area contributed by atoms with Gasteiger partial charge in [-0.1, -0.05) is 13.8 Å². The average Bonchev–Trinajstić information content (AvgIpc) is 2.88. The lowest BCUT2D eigenvalue weighted by Crippen LogP contribution is -2.38. The summed E-state index contributed by atoms with van der Waals surface area (Å²) in [5.74, 6) is 1.63. The van der Waals surface area contributed by atoms with Crippen LogP contribution >= 0.6 is 11.3 Å². The first-order valence-electron chi connectivity index (χ1n) is 6.61. The van der Waals surface area contributed by atoms with Gasteiger partial charge in [0.1, 0.15) is 0 Å². The molecule has 3 unspecified atom stereocenters. The van der Waals surface area contributed by atoms with E-state index in [0.717, 1.165) is 11.8 Å². The minimum atomic E-state index is 0.204. The summed E-state index contributed by atoms with van der Waals surface area (Å²) in [6.07, 6.45) is 1.32. The summed E-state index contributed by atoms with van der Waals surface area (Å²) < 4.78 is 0. The Bertz CT molecular complexity index is 332. The molecular weight excluding hydrogens is 228 g/mol. The second-order valence-electron chi connectivity index (χ2n) is 5.65. The van der Waals surface area contributed by atoms with Crippen molar-refractivity contribution >= 4 is 11.3 Å². The van der Waals surface area contributed by atoms with Gasteiger partial charge in [-0.05, 0) is 54.1 Å². The highest BCUT2D eigenvalue weighted by Crippen LogP contribution is 2.33. The predicted molar refractivity (Wildman–Crippen MR) is 75.2 cm³/mol. The molecule has 3 atom stereocenters. The quantitative estimate of drug-likeness (QED) is 0.892. The molecule has 0 amide bonds. The Hall–Kier alpha value is -0.380. The third kappa shape index (κ3) is 2.90. The van der Waals surface area contributed by atoms with Crippen LogP contribution in [0.15, 0.2) is 16.8 Å². The van der Waals surface area contributed by atoms with Crippen molar-refractivity contribution in [2.75, 3.05) is 13.1 Å². The lowest BCUT2D eigenvalue weighted by molar-refractivity contribution is 0.204. The Balaban J connectivity index is 2.09. The number of hydrogen-bond donors (Lipinski definition) is 1. The van der Waals surface area contributed by atoms with E-state index in [9.17, 15) is 0 Å². The molecule has 0 aliphatic carbocycles. The highest BCUT2D eigenvalue weighted by atomic mass is 32.1. The summed E-state index contributed by atoms with van der Waals surface area (Å²) in [7, 11) is 0. The smallest absolute Gasteiger partial charge is 0.0504 e. The zero-order valence-corrected chi connectivity index (χ0v) is 11.9. The molecule has 0 radical (unpaired) electrons. The first kappa shape index (κ1) is 13.1. The van der Waals surface area contributed by atoms with E-state index in [1.807, 2.05) is 0 Å². The van der Waals surface area contributed by atoms with E-state index in [4.69, 9.17) is 5.73 Å². The van der Waals surface area contributed by atoms with Crippen molar-refractivity contribution in [2.45, 2.75) is 39.3 Å². The van der Waals surface area contributed by atoms with Crippen LogP contribution in [0.4, 0.5) is 0 Å². The molecule has 0 spiro atoms. The van der Waals surface area contributed by atoms with Crippen molar-refractivity contribution in [1.82, 2.24) is 4.90 Å². The molecule has 1 fully saturated rings. The van der Waals surface area contributed by atoms with E-state index in [1.165, 1.54) is 25.1 Å². The van der Waals surface area contributed by atoms with E-state index in [-0.39, 0.29) is 6.04 Å². The van der Waals surface area contributed by atoms with E-state index in [0.29, 0.717) is 6.04 Å². The third-order valence-electron chi connectivity index (χ3n) is 3.98. The fourth-order valence-electron chi connectivity index (χ4n) is 2.90. The second kappa shape index (κ2) is 5.51. The van der Waals surface area contributed by atoms with Crippen LogP contribution in [0.1, 0.15) is 38.8 Å². The van der Waals surface area contributed by atoms with Crippen LogP contribution in [0.2, 0.25) is 0 Å². The van der Waals surface area contributed by atoms with Gasteiger partial charge < -0.3 is 5.73 Å². The Morgan fingerprint density at radius 1 is 1.41 bits per heavy atom. The molecule has 0 aromatic carbocycles. The van der Waals surface area contributed by atoms with Gasteiger partial charge in [-0.2, -0.15) is 11.3 Å². The molecule has 0 saturated carbocycles. The summed E-state index contributed by atoms with van der Waals surface area (Å²) >= 11 is 1.77. The maximum Gasteiger partial charge on any atom is 0.0504 e. The van der Waals surface area contributed by atoms with Crippen LogP contribution in [0, 0.1) is 11.8 Å². The highest BCUT2D eigenvalue weighted by Gasteiger charge is 2.32. The number of rotatable bonds is 4. The molecule has 2 N–H and O–H groups in total. The molecule has 2 nitrogen and oxygen atoms in total. The maximum absolute atomic E-state index is 6.19. The molecule has 1 saturated heterocycles. The van der Waals surface area contributed by atoms with E-state index >= 15 is 0 Å². The monoisotopic (exact) mass is 252 g/mol. The molecule has 2 heterocycles. The van der Waals surface area contributed by atoms with Crippen LogP contribution in [-0.2, 0) is 0 Å².